The van der Waals surface area contributed by atoms with Crippen molar-refractivity contribution >= 4 is 22.7 Å². The van der Waals surface area contributed by atoms with Gasteiger partial charge in [0.1, 0.15) is 23.4 Å². The monoisotopic (exact) mass is 509 g/mol. The molecule has 0 saturated carbocycles. The second-order valence-electron chi connectivity index (χ2n) is 9.57. The van der Waals surface area contributed by atoms with Crippen molar-refractivity contribution < 1.29 is 18.6 Å². The van der Waals surface area contributed by atoms with Gasteiger partial charge in [-0.15, -0.1) is 0 Å². The summed E-state index contributed by atoms with van der Waals surface area (Å²) in [5, 5.41) is 10.7. The highest BCUT2D eigenvalue weighted by atomic mass is 35.5. The number of likely N-dealkylation sites (tertiary alicyclic amines) is 1. The van der Waals surface area contributed by atoms with Crippen molar-refractivity contribution in [3.63, 3.8) is 0 Å². The lowest BCUT2D eigenvalue weighted by molar-refractivity contribution is 0.198. The summed E-state index contributed by atoms with van der Waals surface area (Å²) in [6, 6.07) is 18.1. The standard InChI is InChI=1S/C30H30ClF2NO2/c31-29-17-22(33)8-12-26(29)27-4-1-3-20-5-9-23(35)18-28(20)30(27)21-6-10-24(11-7-21)36-25-13-16-34(19-25)15-2-14-32/h5-12,17-18,25,35H,1-4,13-16,19H2/t25-/m0/s1. The van der Waals surface area contributed by atoms with E-state index in [-0.39, 0.29) is 24.3 Å². The second-order valence-corrected chi connectivity index (χ2v) is 9.98. The van der Waals surface area contributed by atoms with Crippen LogP contribution >= 0.6 is 11.6 Å². The highest BCUT2D eigenvalue weighted by molar-refractivity contribution is 6.32. The quantitative estimate of drug-likeness (QED) is 0.363. The van der Waals surface area contributed by atoms with E-state index in [0.717, 1.165) is 84.5 Å². The van der Waals surface area contributed by atoms with E-state index in [1.165, 1.54) is 12.1 Å². The van der Waals surface area contributed by atoms with Crippen LogP contribution in [0.1, 0.15) is 47.9 Å². The molecule has 1 heterocycles. The van der Waals surface area contributed by atoms with E-state index in [4.69, 9.17) is 16.3 Å². The van der Waals surface area contributed by atoms with Gasteiger partial charge >= 0.3 is 0 Å². The van der Waals surface area contributed by atoms with E-state index < -0.39 is 0 Å². The molecule has 1 saturated heterocycles. The zero-order valence-electron chi connectivity index (χ0n) is 20.2. The number of allylic oxidation sites excluding steroid dienone is 1. The number of fused-ring (bicyclic) bond motifs is 1. The van der Waals surface area contributed by atoms with Gasteiger partial charge in [-0.1, -0.05) is 35.9 Å². The molecule has 3 aromatic carbocycles. The normalized spacial score (nSPS) is 18.2. The molecule has 1 fully saturated rings. The maximum Gasteiger partial charge on any atom is 0.124 e. The molecule has 0 aromatic heterocycles. The van der Waals surface area contributed by atoms with Gasteiger partial charge in [-0.3, -0.25) is 9.29 Å². The summed E-state index contributed by atoms with van der Waals surface area (Å²) >= 11 is 6.52. The fraction of sp³-hybridized carbons (Fsp3) is 0.333. The van der Waals surface area contributed by atoms with Gasteiger partial charge in [-0.25, -0.2) is 4.39 Å². The maximum absolute atomic E-state index is 13.8. The van der Waals surface area contributed by atoms with Crippen molar-refractivity contribution in [2.45, 2.75) is 38.2 Å². The number of hydrogen-bond acceptors (Lipinski definition) is 3. The predicted molar refractivity (Wildman–Crippen MR) is 141 cm³/mol. The van der Waals surface area contributed by atoms with Crippen LogP contribution in [0.15, 0.2) is 60.7 Å². The molecule has 1 aliphatic carbocycles. The Kier molecular flexibility index (Phi) is 7.59. The SMILES string of the molecule is Oc1ccc2c(c1)C(c1ccc(O[C@H]3CCN(CCCF)C3)cc1)=C(c1ccc(F)cc1Cl)CCC2. The van der Waals surface area contributed by atoms with Crippen molar-refractivity contribution in [3.05, 3.63) is 93.8 Å². The number of aryl methyl sites for hydroxylation is 1. The van der Waals surface area contributed by atoms with Crippen LogP contribution in [-0.2, 0) is 6.42 Å². The fourth-order valence-electron chi connectivity index (χ4n) is 5.36. The minimum atomic E-state index is -0.366. The first-order valence-electron chi connectivity index (χ1n) is 12.6. The van der Waals surface area contributed by atoms with Crippen molar-refractivity contribution in [1.82, 2.24) is 4.90 Å². The van der Waals surface area contributed by atoms with E-state index in [9.17, 15) is 13.9 Å². The Balaban J connectivity index is 1.49. The van der Waals surface area contributed by atoms with Crippen molar-refractivity contribution in [1.29, 1.82) is 0 Å². The molecule has 1 N–H and O–H groups in total. The van der Waals surface area contributed by atoms with Crippen molar-refractivity contribution in [3.8, 4) is 11.5 Å². The van der Waals surface area contributed by atoms with Crippen LogP contribution in [0, 0.1) is 5.82 Å². The molecule has 0 unspecified atom stereocenters. The first kappa shape index (κ1) is 24.8. The number of nitrogens with zero attached hydrogens (tertiary/aromatic N) is 1. The molecule has 1 aliphatic heterocycles. The van der Waals surface area contributed by atoms with Crippen LogP contribution in [0.25, 0.3) is 11.1 Å². The molecule has 0 radical (unpaired) electrons. The Morgan fingerprint density at radius 1 is 1.00 bits per heavy atom. The van der Waals surface area contributed by atoms with Gasteiger partial charge in [0.15, 0.2) is 0 Å². The van der Waals surface area contributed by atoms with E-state index in [1.54, 1.807) is 12.1 Å². The van der Waals surface area contributed by atoms with E-state index in [1.807, 2.05) is 36.4 Å². The van der Waals surface area contributed by atoms with Crippen molar-refractivity contribution in [2.24, 2.45) is 0 Å². The average molecular weight is 510 g/mol. The summed E-state index contributed by atoms with van der Waals surface area (Å²) in [7, 11) is 0. The zero-order chi connectivity index (χ0) is 25.1. The molecule has 1 atom stereocenters. The largest absolute Gasteiger partial charge is 0.508 e. The Hall–Kier alpha value is -2.89. The highest BCUT2D eigenvalue weighted by Gasteiger charge is 2.25. The van der Waals surface area contributed by atoms with Gasteiger partial charge in [0, 0.05) is 19.6 Å². The second kappa shape index (κ2) is 11.0. The van der Waals surface area contributed by atoms with E-state index in [2.05, 4.69) is 4.90 Å². The van der Waals surface area contributed by atoms with Crippen LogP contribution < -0.4 is 4.74 Å². The van der Waals surface area contributed by atoms with Gasteiger partial charge in [-0.2, -0.15) is 0 Å². The fourth-order valence-corrected chi connectivity index (χ4v) is 5.65. The van der Waals surface area contributed by atoms with E-state index >= 15 is 0 Å². The molecule has 0 bridgehead atoms. The average Bonchev–Trinajstić information content (AvgIpc) is 3.23. The minimum absolute atomic E-state index is 0.0961. The molecule has 3 nitrogen and oxygen atoms in total. The summed E-state index contributed by atoms with van der Waals surface area (Å²) in [5.74, 6) is 0.633. The number of phenolic OH excluding ortho intramolecular Hbond substituents is 1. The summed E-state index contributed by atoms with van der Waals surface area (Å²) in [6.07, 6.45) is 4.17. The number of alkyl halides is 1. The molecule has 0 amide bonds. The molecule has 3 aromatic rings. The zero-order valence-corrected chi connectivity index (χ0v) is 20.9. The maximum atomic E-state index is 13.8. The number of rotatable bonds is 7. The van der Waals surface area contributed by atoms with Gasteiger partial charge in [0.2, 0.25) is 0 Å². The minimum Gasteiger partial charge on any atom is -0.508 e. The number of benzene rings is 3. The van der Waals surface area contributed by atoms with Crippen LogP contribution in [0.2, 0.25) is 5.02 Å². The van der Waals surface area contributed by atoms with Gasteiger partial charge < -0.3 is 9.84 Å². The number of ether oxygens (including phenoxy) is 1. The lowest BCUT2D eigenvalue weighted by Gasteiger charge is -2.19. The van der Waals surface area contributed by atoms with Gasteiger partial charge in [0.05, 0.1) is 11.7 Å². The van der Waals surface area contributed by atoms with Gasteiger partial charge in [-0.05, 0) is 102 Å². The predicted octanol–water partition coefficient (Wildman–Crippen LogP) is 7.29. The Labute approximate surface area is 216 Å². The highest BCUT2D eigenvalue weighted by Crippen LogP contribution is 2.43. The van der Waals surface area contributed by atoms with Crippen LogP contribution in [0.5, 0.6) is 11.5 Å². The Morgan fingerprint density at radius 3 is 2.61 bits per heavy atom. The van der Waals surface area contributed by atoms with Crippen LogP contribution in [0.4, 0.5) is 8.78 Å². The molecule has 2 aliphatic rings. The number of aromatic hydroxyl groups is 1. The number of phenols is 1. The molecule has 36 heavy (non-hydrogen) atoms. The molecule has 0 spiro atoms. The first-order valence-corrected chi connectivity index (χ1v) is 13.0. The van der Waals surface area contributed by atoms with Crippen molar-refractivity contribution in [2.75, 3.05) is 26.3 Å². The Morgan fingerprint density at radius 2 is 1.83 bits per heavy atom. The molecule has 188 valence electrons. The molecule has 5 rings (SSSR count). The summed E-state index contributed by atoms with van der Waals surface area (Å²) in [5.41, 5.74) is 5.96. The number of halogens is 3. The lowest BCUT2D eigenvalue weighted by Crippen LogP contribution is -2.26. The first-order chi connectivity index (χ1) is 17.5. The Bertz CT molecular complexity index is 1260. The molecule has 6 heteroatoms. The third kappa shape index (κ3) is 5.42. The molecular formula is C30H30ClF2NO2. The smallest absolute Gasteiger partial charge is 0.124 e. The summed E-state index contributed by atoms with van der Waals surface area (Å²) in [6.45, 7) is 2.22. The van der Waals surface area contributed by atoms with E-state index in [0.29, 0.717) is 11.4 Å². The topological polar surface area (TPSA) is 32.7 Å². The van der Waals surface area contributed by atoms with Crippen LogP contribution in [-0.4, -0.2) is 42.4 Å². The third-order valence-electron chi connectivity index (χ3n) is 7.08. The third-order valence-corrected chi connectivity index (χ3v) is 7.39. The van der Waals surface area contributed by atoms with Gasteiger partial charge in [0.25, 0.3) is 0 Å². The molecular weight excluding hydrogens is 480 g/mol. The van der Waals surface area contributed by atoms with Crippen LogP contribution in [0.3, 0.4) is 0 Å². The summed E-state index contributed by atoms with van der Waals surface area (Å²) in [4.78, 5) is 2.25. The lowest BCUT2D eigenvalue weighted by atomic mass is 9.87. The summed E-state index contributed by atoms with van der Waals surface area (Å²) < 4.78 is 32.6. The number of hydrogen-bond donors (Lipinski definition) is 1.